The molecule has 8 heteroatoms. The molecule has 7 nitrogen and oxygen atoms in total. The maximum absolute atomic E-state index is 12.8. The minimum atomic E-state index is -3.57. The molecule has 0 spiro atoms. The van der Waals surface area contributed by atoms with Gasteiger partial charge in [-0.15, -0.1) is 0 Å². The van der Waals surface area contributed by atoms with Gasteiger partial charge in [0.15, 0.2) is 0 Å². The van der Waals surface area contributed by atoms with E-state index in [1.807, 2.05) is 12.1 Å². The zero-order valence-electron chi connectivity index (χ0n) is 14.9. The molecule has 1 heterocycles. The van der Waals surface area contributed by atoms with Crippen LogP contribution in [-0.4, -0.2) is 44.8 Å². The number of anilines is 2. The molecular formula is C19H20N4O3S. The molecule has 0 bridgehead atoms. The Morgan fingerprint density at radius 3 is 2.11 bits per heavy atom. The zero-order chi connectivity index (χ0) is 19.4. The minimum Gasteiger partial charge on any atom is -0.369 e. The average molecular weight is 384 g/mol. The van der Waals surface area contributed by atoms with Crippen molar-refractivity contribution in [3.05, 3.63) is 54.1 Å². The first-order valence-electron chi connectivity index (χ1n) is 8.53. The van der Waals surface area contributed by atoms with Crippen molar-refractivity contribution in [1.29, 1.82) is 5.26 Å². The van der Waals surface area contributed by atoms with Crippen LogP contribution in [-0.2, 0) is 14.8 Å². The first kappa shape index (κ1) is 18.9. The minimum absolute atomic E-state index is 0.204. The van der Waals surface area contributed by atoms with Crippen LogP contribution in [0.5, 0.6) is 0 Å². The predicted octanol–water partition coefficient (Wildman–Crippen LogP) is 2.03. The lowest BCUT2D eigenvalue weighted by molar-refractivity contribution is -0.114. The number of piperazine rings is 1. The van der Waals surface area contributed by atoms with Crippen LogP contribution in [0.1, 0.15) is 12.5 Å². The molecule has 27 heavy (non-hydrogen) atoms. The molecule has 3 rings (SSSR count). The normalized spacial score (nSPS) is 15.2. The molecule has 1 N–H and O–H groups in total. The van der Waals surface area contributed by atoms with Gasteiger partial charge in [0, 0.05) is 44.5 Å². The third kappa shape index (κ3) is 4.27. The SMILES string of the molecule is CC(=O)Nc1ccc(S(=O)(=O)N2CCN(c3ccc(C#N)cc3)CC2)cc1. The molecule has 0 aromatic heterocycles. The summed E-state index contributed by atoms with van der Waals surface area (Å²) in [4.78, 5) is 13.4. The van der Waals surface area contributed by atoms with Crippen molar-refractivity contribution in [2.45, 2.75) is 11.8 Å². The van der Waals surface area contributed by atoms with Crippen LogP contribution >= 0.6 is 0 Å². The Balaban J connectivity index is 1.67. The largest absolute Gasteiger partial charge is 0.369 e. The number of nitrogens with one attached hydrogen (secondary N) is 1. The second kappa shape index (κ2) is 7.78. The molecule has 0 unspecified atom stereocenters. The summed E-state index contributed by atoms with van der Waals surface area (Å²) >= 11 is 0. The Hall–Kier alpha value is -2.89. The molecule has 1 fully saturated rings. The number of sulfonamides is 1. The number of rotatable bonds is 4. The van der Waals surface area contributed by atoms with Crippen LogP contribution in [0, 0.1) is 11.3 Å². The number of nitrogens with zero attached hydrogens (tertiary/aromatic N) is 3. The van der Waals surface area contributed by atoms with Crippen molar-refractivity contribution in [3.8, 4) is 6.07 Å². The summed E-state index contributed by atoms with van der Waals surface area (Å²) in [6.45, 7) is 3.33. The molecule has 1 saturated heterocycles. The van der Waals surface area contributed by atoms with Gasteiger partial charge >= 0.3 is 0 Å². The van der Waals surface area contributed by atoms with Gasteiger partial charge in [0.25, 0.3) is 0 Å². The van der Waals surface area contributed by atoms with Gasteiger partial charge in [-0.1, -0.05) is 0 Å². The van der Waals surface area contributed by atoms with E-state index < -0.39 is 10.0 Å². The highest BCUT2D eigenvalue weighted by Gasteiger charge is 2.28. The number of nitriles is 1. The Morgan fingerprint density at radius 2 is 1.59 bits per heavy atom. The average Bonchev–Trinajstić information content (AvgIpc) is 2.68. The van der Waals surface area contributed by atoms with Crippen LogP contribution in [0.15, 0.2) is 53.4 Å². The fourth-order valence-electron chi connectivity index (χ4n) is 3.00. The topological polar surface area (TPSA) is 93.5 Å². The number of hydrogen-bond donors (Lipinski definition) is 1. The number of amides is 1. The van der Waals surface area contributed by atoms with Crippen molar-refractivity contribution < 1.29 is 13.2 Å². The summed E-state index contributed by atoms with van der Waals surface area (Å²) in [6.07, 6.45) is 0. The molecule has 0 atom stereocenters. The van der Waals surface area contributed by atoms with E-state index in [-0.39, 0.29) is 10.8 Å². The van der Waals surface area contributed by atoms with Gasteiger partial charge in [-0.2, -0.15) is 9.57 Å². The van der Waals surface area contributed by atoms with E-state index in [4.69, 9.17) is 5.26 Å². The van der Waals surface area contributed by atoms with Gasteiger partial charge in [-0.3, -0.25) is 4.79 Å². The molecule has 1 aliphatic heterocycles. The second-order valence-electron chi connectivity index (χ2n) is 6.26. The molecule has 1 aliphatic rings. The Morgan fingerprint density at radius 1 is 1.00 bits per heavy atom. The van der Waals surface area contributed by atoms with Gasteiger partial charge < -0.3 is 10.2 Å². The molecule has 0 radical (unpaired) electrons. The fourth-order valence-corrected chi connectivity index (χ4v) is 4.42. The summed E-state index contributed by atoms with van der Waals surface area (Å²) in [6, 6.07) is 15.5. The van der Waals surface area contributed by atoms with Crippen molar-refractivity contribution in [2.75, 3.05) is 36.4 Å². The van der Waals surface area contributed by atoms with E-state index in [9.17, 15) is 13.2 Å². The quantitative estimate of drug-likeness (QED) is 0.871. The summed E-state index contributed by atoms with van der Waals surface area (Å²) in [5.41, 5.74) is 2.14. The van der Waals surface area contributed by atoms with Crippen molar-refractivity contribution in [3.63, 3.8) is 0 Å². The molecule has 2 aromatic rings. The van der Waals surface area contributed by atoms with Gasteiger partial charge in [-0.05, 0) is 48.5 Å². The number of carbonyl (C=O) groups excluding carboxylic acids is 1. The van der Waals surface area contributed by atoms with Gasteiger partial charge in [-0.25, -0.2) is 8.42 Å². The highest BCUT2D eigenvalue weighted by molar-refractivity contribution is 7.89. The maximum Gasteiger partial charge on any atom is 0.243 e. The van der Waals surface area contributed by atoms with Crippen LogP contribution in [0.2, 0.25) is 0 Å². The monoisotopic (exact) mass is 384 g/mol. The molecule has 1 amide bonds. The lowest BCUT2D eigenvalue weighted by Gasteiger charge is -2.35. The summed E-state index contributed by atoms with van der Waals surface area (Å²) in [5, 5.41) is 11.5. The van der Waals surface area contributed by atoms with Crippen LogP contribution in [0.3, 0.4) is 0 Å². The second-order valence-corrected chi connectivity index (χ2v) is 8.19. The van der Waals surface area contributed by atoms with Gasteiger partial charge in [0.05, 0.1) is 16.5 Å². The highest BCUT2D eigenvalue weighted by Crippen LogP contribution is 2.22. The molecule has 2 aromatic carbocycles. The maximum atomic E-state index is 12.8. The molecular weight excluding hydrogens is 364 g/mol. The van der Waals surface area contributed by atoms with E-state index in [0.29, 0.717) is 37.4 Å². The Labute approximate surface area is 158 Å². The predicted molar refractivity (Wildman–Crippen MR) is 103 cm³/mol. The summed E-state index contributed by atoms with van der Waals surface area (Å²) in [7, 11) is -3.57. The Kier molecular flexibility index (Phi) is 5.44. The van der Waals surface area contributed by atoms with Crippen molar-refractivity contribution in [2.24, 2.45) is 0 Å². The van der Waals surface area contributed by atoms with E-state index >= 15 is 0 Å². The van der Waals surface area contributed by atoms with Gasteiger partial charge in [0.1, 0.15) is 0 Å². The van der Waals surface area contributed by atoms with Crippen LogP contribution in [0.25, 0.3) is 0 Å². The fraction of sp³-hybridized carbons (Fsp3) is 0.263. The van der Waals surface area contributed by atoms with E-state index in [0.717, 1.165) is 5.69 Å². The zero-order valence-corrected chi connectivity index (χ0v) is 15.7. The number of hydrogen-bond acceptors (Lipinski definition) is 5. The van der Waals surface area contributed by atoms with Crippen molar-refractivity contribution >= 4 is 27.3 Å². The first-order valence-corrected chi connectivity index (χ1v) is 9.97. The van der Waals surface area contributed by atoms with Gasteiger partial charge in [0.2, 0.25) is 15.9 Å². The molecule has 140 valence electrons. The van der Waals surface area contributed by atoms with E-state index in [2.05, 4.69) is 16.3 Å². The number of benzene rings is 2. The lowest BCUT2D eigenvalue weighted by Crippen LogP contribution is -2.48. The molecule has 0 aliphatic carbocycles. The lowest BCUT2D eigenvalue weighted by atomic mass is 10.2. The highest BCUT2D eigenvalue weighted by atomic mass is 32.2. The summed E-state index contributed by atoms with van der Waals surface area (Å²) < 4.78 is 27.1. The molecule has 0 saturated carbocycles. The van der Waals surface area contributed by atoms with E-state index in [1.165, 1.54) is 23.4 Å². The standard InChI is InChI=1S/C19H20N4O3S/c1-15(24)21-17-4-8-19(9-5-17)27(25,26)23-12-10-22(11-13-23)18-6-2-16(14-20)3-7-18/h2-9H,10-13H2,1H3,(H,21,24). The van der Waals surface area contributed by atoms with Crippen LogP contribution < -0.4 is 10.2 Å². The first-order chi connectivity index (χ1) is 12.9. The smallest absolute Gasteiger partial charge is 0.243 e. The third-order valence-corrected chi connectivity index (χ3v) is 6.33. The Bertz CT molecular complexity index is 956. The van der Waals surface area contributed by atoms with Crippen LogP contribution in [0.4, 0.5) is 11.4 Å². The van der Waals surface area contributed by atoms with E-state index in [1.54, 1.807) is 24.3 Å². The summed E-state index contributed by atoms with van der Waals surface area (Å²) in [5.74, 6) is -0.204. The van der Waals surface area contributed by atoms with Crippen molar-refractivity contribution in [1.82, 2.24) is 4.31 Å². The number of carbonyl (C=O) groups is 1. The third-order valence-electron chi connectivity index (χ3n) is 4.41.